The van der Waals surface area contributed by atoms with E-state index in [1.807, 2.05) is 30.3 Å². The van der Waals surface area contributed by atoms with Crippen molar-refractivity contribution in [3.8, 4) is 11.1 Å². The largest absolute Gasteiger partial charge is 0.354 e. The second-order valence-corrected chi connectivity index (χ2v) is 7.75. The fraction of sp³-hybridized carbons (Fsp3) is 0.261. The number of anilines is 1. The third kappa shape index (κ3) is 3.84. The van der Waals surface area contributed by atoms with Crippen molar-refractivity contribution in [1.82, 2.24) is 24.8 Å². The first-order chi connectivity index (χ1) is 14.8. The van der Waals surface area contributed by atoms with E-state index in [1.54, 1.807) is 10.8 Å². The van der Waals surface area contributed by atoms with Gasteiger partial charge < -0.3 is 15.6 Å². The van der Waals surface area contributed by atoms with Gasteiger partial charge in [0.25, 0.3) is 0 Å². The first kappa shape index (κ1) is 18.6. The van der Waals surface area contributed by atoms with Crippen molar-refractivity contribution in [2.45, 2.75) is 13.0 Å². The van der Waals surface area contributed by atoms with Crippen molar-refractivity contribution in [1.29, 1.82) is 0 Å². The van der Waals surface area contributed by atoms with E-state index < -0.39 is 0 Å². The number of aromatic nitrogens is 4. The number of hydrogen-bond acceptors (Lipinski definition) is 5. The lowest BCUT2D eigenvalue weighted by Crippen LogP contribution is -2.19. The van der Waals surface area contributed by atoms with Gasteiger partial charge in [-0.3, -0.25) is 4.57 Å². The molecule has 0 spiro atoms. The van der Waals surface area contributed by atoms with Gasteiger partial charge in [0.05, 0.1) is 12.7 Å². The summed E-state index contributed by atoms with van der Waals surface area (Å²) in [4.78, 5) is 24.4. The molecule has 4 aromatic rings. The lowest BCUT2D eigenvalue weighted by Gasteiger charge is -2.10. The molecular weight excluding hydrogens is 376 g/mol. The van der Waals surface area contributed by atoms with Gasteiger partial charge in [0.2, 0.25) is 5.95 Å². The number of nitrogens with one attached hydrogen (secondary N) is 3. The van der Waals surface area contributed by atoms with Crippen molar-refractivity contribution < 1.29 is 0 Å². The maximum Gasteiger partial charge on any atom is 0.328 e. The van der Waals surface area contributed by atoms with Crippen molar-refractivity contribution in [3.63, 3.8) is 0 Å². The van der Waals surface area contributed by atoms with E-state index in [0.29, 0.717) is 29.6 Å². The molecule has 152 valence electrons. The highest BCUT2D eigenvalue weighted by atomic mass is 16.1. The number of hydrogen-bond donors (Lipinski definition) is 3. The van der Waals surface area contributed by atoms with Crippen LogP contribution >= 0.6 is 0 Å². The van der Waals surface area contributed by atoms with Crippen molar-refractivity contribution >= 4 is 17.1 Å². The maximum atomic E-state index is 12.6. The second-order valence-electron chi connectivity index (χ2n) is 7.75. The average Bonchev–Trinajstić information content (AvgIpc) is 3.41. The van der Waals surface area contributed by atoms with Crippen molar-refractivity contribution in [2.75, 3.05) is 25.0 Å². The number of H-pyrrole nitrogens is 1. The lowest BCUT2D eigenvalue weighted by atomic mass is 10.0. The molecule has 0 bridgehead atoms. The van der Waals surface area contributed by atoms with Crippen LogP contribution in [0.3, 0.4) is 0 Å². The predicted molar refractivity (Wildman–Crippen MR) is 119 cm³/mol. The summed E-state index contributed by atoms with van der Waals surface area (Å²) in [6.45, 7) is 3.35. The summed E-state index contributed by atoms with van der Waals surface area (Å²) >= 11 is 0. The third-order valence-electron chi connectivity index (χ3n) is 5.60. The van der Waals surface area contributed by atoms with E-state index in [9.17, 15) is 4.79 Å². The molecule has 0 saturated carbocycles. The van der Waals surface area contributed by atoms with Crippen LogP contribution < -0.4 is 16.3 Å². The molecule has 1 saturated heterocycles. The van der Waals surface area contributed by atoms with Gasteiger partial charge in [-0.15, -0.1) is 0 Å². The Balaban J connectivity index is 1.42. The fourth-order valence-electron chi connectivity index (χ4n) is 3.96. The minimum absolute atomic E-state index is 0.179. The Bertz CT molecular complexity index is 1210. The molecule has 5 rings (SSSR count). The molecule has 3 N–H and O–H groups in total. The highest BCUT2D eigenvalue weighted by Gasteiger charge is 2.15. The van der Waals surface area contributed by atoms with Crippen LogP contribution in [0.15, 0.2) is 65.6 Å². The van der Waals surface area contributed by atoms with E-state index >= 15 is 0 Å². The Morgan fingerprint density at radius 2 is 1.97 bits per heavy atom. The highest BCUT2D eigenvalue weighted by molar-refractivity contribution is 5.71. The summed E-state index contributed by atoms with van der Waals surface area (Å²) in [6, 6.07) is 18.5. The van der Waals surface area contributed by atoms with Gasteiger partial charge in [0, 0.05) is 6.54 Å². The first-order valence-corrected chi connectivity index (χ1v) is 10.3. The van der Waals surface area contributed by atoms with Gasteiger partial charge in [-0.1, -0.05) is 48.5 Å². The molecule has 2 aromatic carbocycles. The molecule has 0 unspecified atom stereocenters. The molecule has 1 fully saturated rings. The Hall–Kier alpha value is -3.45. The Morgan fingerprint density at radius 1 is 1.10 bits per heavy atom. The van der Waals surface area contributed by atoms with Gasteiger partial charge in [-0.05, 0) is 48.2 Å². The minimum atomic E-state index is -0.179. The van der Waals surface area contributed by atoms with Crippen LogP contribution in [0.2, 0.25) is 0 Å². The normalized spacial score (nSPS) is 16.2. The SMILES string of the molecule is O=c1[nH]c2cnc(NC[C@@H]3CCNC3)nc2n1Cc1cccc(-c2ccccc2)c1. The molecule has 3 heterocycles. The van der Waals surface area contributed by atoms with Crippen LogP contribution in [0, 0.1) is 5.92 Å². The van der Waals surface area contributed by atoms with E-state index in [0.717, 1.165) is 42.7 Å². The van der Waals surface area contributed by atoms with Gasteiger partial charge in [0.15, 0.2) is 5.65 Å². The van der Waals surface area contributed by atoms with E-state index in [4.69, 9.17) is 0 Å². The Kier molecular flexibility index (Phi) is 5.03. The van der Waals surface area contributed by atoms with Gasteiger partial charge >= 0.3 is 5.69 Å². The quantitative estimate of drug-likeness (QED) is 0.463. The first-order valence-electron chi connectivity index (χ1n) is 10.3. The molecule has 1 atom stereocenters. The van der Waals surface area contributed by atoms with Gasteiger partial charge in [-0.2, -0.15) is 4.98 Å². The zero-order valence-corrected chi connectivity index (χ0v) is 16.6. The van der Waals surface area contributed by atoms with Crippen molar-refractivity contribution in [3.05, 3.63) is 76.8 Å². The average molecular weight is 400 g/mol. The number of aromatic amines is 1. The molecule has 1 aliphatic rings. The van der Waals surface area contributed by atoms with E-state index in [2.05, 4.69) is 49.9 Å². The van der Waals surface area contributed by atoms with Crippen LogP contribution in [0.25, 0.3) is 22.3 Å². The molecular formula is C23H24N6O. The standard InChI is InChI=1S/C23H24N6O/c30-23-27-20-14-26-22(25-13-17-9-10-24-12-17)28-21(20)29(23)15-16-5-4-8-19(11-16)18-6-2-1-3-7-18/h1-8,11,14,17,24H,9-10,12-13,15H2,(H,27,30)(H,25,26,28)/t17-/m1/s1. The predicted octanol–water partition coefficient (Wildman–Crippen LogP) is 2.86. The van der Waals surface area contributed by atoms with Crippen LogP contribution in [0.5, 0.6) is 0 Å². The Morgan fingerprint density at radius 3 is 2.80 bits per heavy atom. The molecule has 0 radical (unpaired) electrons. The molecule has 30 heavy (non-hydrogen) atoms. The summed E-state index contributed by atoms with van der Waals surface area (Å²) in [5.74, 6) is 1.14. The molecule has 0 aliphatic carbocycles. The van der Waals surface area contributed by atoms with E-state index in [1.165, 1.54) is 0 Å². The fourth-order valence-corrected chi connectivity index (χ4v) is 3.96. The minimum Gasteiger partial charge on any atom is -0.354 e. The highest BCUT2D eigenvalue weighted by Crippen LogP contribution is 2.21. The third-order valence-corrected chi connectivity index (χ3v) is 5.60. The van der Waals surface area contributed by atoms with Crippen LogP contribution in [0.1, 0.15) is 12.0 Å². The summed E-state index contributed by atoms with van der Waals surface area (Å²) in [7, 11) is 0. The lowest BCUT2D eigenvalue weighted by molar-refractivity contribution is 0.613. The molecule has 1 aliphatic heterocycles. The van der Waals surface area contributed by atoms with Crippen LogP contribution in [-0.4, -0.2) is 39.2 Å². The van der Waals surface area contributed by atoms with Crippen molar-refractivity contribution in [2.24, 2.45) is 5.92 Å². The van der Waals surface area contributed by atoms with Crippen LogP contribution in [0.4, 0.5) is 5.95 Å². The molecule has 7 heteroatoms. The summed E-state index contributed by atoms with van der Waals surface area (Å²) in [6.07, 6.45) is 2.83. The van der Waals surface area contributed by atoms with Gasteiger partial charge in [-0.25, -0.2) is 9.78 Å². The number of rotatable bonds is 6. The summed E-state index contributed by atoms with van der Waals surface area (Å²) < 4.78 is 1.67. The second kappa shape index (κ2) is 8.12. The maximum absolute atomic E-state index is 12.6. The zero-order chi connectivity index (χ0) is 20.3. The number of fused-ring (bicyclic) bond motifs is 1. The zero-order valence-electron chi connectivity index (χ0n) is 16.6. The number of imidazole rings is 1. The Labute approximate surface area is 174 Å². The monoisotopic (exact) mass is 400 g/mol. The molecule has 7 nitrogen and oxygen atoms in total. The van der Waals surface area contributed by atoms with E-state index in [-0.39, 0.29) is 5.69 Å². The summed E-state index contributed by atoms with van der Waals surface area (Å²) in [5.41, 5.74) is 4.41. The number of nitrogens with zero attached hydrogens (tertiary/aromatic N) is 3. The number of benzene rings is 2. The van der Waals surface area contributed by atoms with Gasteiger partial charge in [0.1, 0.15) is 5.52 Å². The van der Waals surface area contributed by atoms with Crippen LogP contribution in [-0.2, 0) is 6.54 Å². The topological polar surface area (TPSA) is 87.6 Å². The smallest absolute Gasteiger partial charge is 0.328 e. The summed E-state index contributed by atoms with van der Waals surface area (Å²) in [5, 5.41) is 6.68. The molecule has 2 aromatic heterocycles. The molecule has 0 amide bonds.